The number of fused-ring (bicyclic) bond motifs is 1. The van der Waals surface area contributed by atoms with Gasteiger partial charge in [-0.05, 0) is 24.1 Å². The molecule has 0 N–H and O–H groups in total. The third-order valence-electron chi connectivity index (χ3n) is 2.92. The normalized spacial score (nSPS) is 12.1. The Morgan fingerprint density at radius 3 is 2.56 bits per heavy atom. The van der Waals surface area contributed by atoms with Gasteiger partial charge in [0.25, 0.3) is 0 Å². The van der Waals surface area contributed by atoms with Crippen LogP contribution in [0.4, 0.5) is 0 Å². The van der Waals surface area contributed by atoms with Crippen molar-refractivity contribution in [1.29, 1.82) is 0 Å². The molecule has 0 aliphatic heterocycles. The van der Waals surface area contributed by atoms with Crippen molar-refractivity contribution in [2.75, 3.05) is 7.11 Å². The second-order valence-electron chi connectivity index (χ2n) is 5.66. The topological polar surface area (TPSA) is 22.1 Å². The van der Waals surface area contributed by atoms with E-state index >= 15 is 0 Å². The average Bonchev–Trinajstić information content (AvgIpc) is 2.71. The molecule has 0 saturated carbocycles. The third-order valence-corrected chi connectivity index (χ3v) is 4.35. The molecule has 2 aromatic rings. The highest BCUT2D eigenvalue weighted by atomic mass is 32.1. The molecule has 1 aromatic heterocycles. The summed E-state index contributed by atoms with van der Waals surface area (Å²) in [4.78, 5) is 4.75. The van der Waals surface area contributed by atoms with Crippen molar-refractivity contribution in [2.24, 2.45) is 0 Å². The van der Waals surface area contributed by atoms with E-state index in [1.807, 2.05) is 0 Å². The maximum Gasteiger partial charge on any atom is 0.146 e. The summed E-state index contributed by atoms with van der Waals surface area (Å²) in [7, 11) is 1.72. The molecule has 2 rings (SSSR count). The molecule has 0 radical (unpaired) electrons. The number of benzene rings is 1. The Kier molecular flexibility index (Phi) is 3.62. The molecule has 1 aromatic carbocycles. The van der Waals surface area contributed by atoms with Gasteiger partial charge in [-0.25, -0.2) is 4.98 Å². The number of methoxy groups -OCH3 is 1. The summed E-state index contributed by atoms with van der Waals surface area (Å²) in [5, 5.41) is 1.17. The standard InChI is InChI=1S/C15H21NOS/c1-6-7-10-8-11(17-5)13-12(9-10)18-14(16-13)15(2,3)4/h8-9H,6-7H2,1-5H3. The molecule has 1 heterocycles. The molecule has 98 valence electrons. The van der Waals surface area contributed by atoms with E-state index < -0.39 is 0 Å². The molecule has 0 bridgehead atoms. The van der Waals surface area contributed by atoms with Crippen LogP contribution in [-0.4, -0.2) is 12.1 Å². The predicted octanol–water partition coefficient (Wildman–Crippen LogP) is 4.55. The summed E-state index contributed by atoms with van der Waals surface area (Å²) in [6.07, 6.45) is 2.24. The number of aromatic nitrogens is 1. The lowest BCUT2D eigenvalue weighted by Gasteiger charge is -2.13. The first kappa shape index (κ1) is 13.3. The summed E-state index contributed by atoms with van der Waals surface area (Å²) >= 11 is 1.78. The van der Waals surface area contributed by atoms with Crippen molar-refractivity contribution < 1.29 is 4.74 Å². The van der Waals surface area contributed by atoms with E-state index in [9.17, 15) is 0 Å². The Bertz CT molecular complexity index is 551. The highest BCUT2D eigenvalue weighted by Crippen LogP contribution is 2.36. The summed E-state index contributed by atoms with van der Waals surface area (Å²) < 4.78 is 6.72. The highest BCUT2D eigenvalue weighted by molar-refractivity contribution is 7.18. The van der Waals surface area contributed by atoms with Crippen LogP contribution in [-0.2, 0) is 11.8 Å². The number of thiazole rings is 1. The summed E-state index contributed by atoms with van der Waals surface area (Å²) in [6.45, 7) is 8.79. The van der Waals surface area contributed by atoms with Gasteiger partial charge in [-0.3, -0.25) is 0 Å². The van der Waals surface area contributed by atoms with E-state index in [0.717, 1.165) is 24.1 Å². The molecule has 3 heteroatoms. The molecule has 0 aliphatic rings. The van der Waals surface area contributed by atoms with Crippen molar-refractivity contribution >= 4 is 21.6 Å². The largest absolute Gasteiger partial charge is 0.494 e. The van der Waals surface area contributed by atoms with Crippen LogP contribution in [0.3, 0.4) is 0 Å². The Labute approximate surface area is 113 Å². The van der Waals surface area contributed by atoms with Crippen molar-refractivity contribution in [3.05, 3.63) is 22.7 Å². The van der Waals surface area contributed by atoms with Gasteiger partial charge in [0.2, 0.25) is 0 Å². The van der Waals surface area contributed by atoms with Crippen molar-refractivity contribution in [3.63, 3.8) is 0 Å². The Morgan fingerprint density at radius 2 is 2.00 bits per heavy atom. The zero-order chi connectivity index (χ0) is 13.3. The fraction of sp³-hybridized carbons (Fsp3) is 0.533. The minimum atomic E-state index is 0.0968. The SMILES string of the molecule is CCCc1cc(OC)c2nc(C(C)(C)C)sc2c1. The quantitative estimate of drug-likeness (QED) is 0.810. The predicted molar refractivity (Wildman–Crippen MR) is 78.9 cm³/mol. The van der Waals surface area contributed by atoms with Gasteiger partial charge in [0.15, 0.2) is 0 Å². The van der Waals surface area contributed by atoms with E-state index in [1.165, 1.54) is 15.3 Å². The van der Waals surface area contributed by atoms with Crippen LogP contribution in [0, 0.1) is 0 Å². The molecule has 0 atom stereocenters. The first-order chi connectivity index (χ1) is 8.45. The van der Waals surface area contributed by atoms with Gasteiger partial charge >= 0.3 is 0 Å². The van der Waals surface area contributed by atoms with Gasteiger partial charge in [-0.15, -0.1) is 11.3 Å². The lowest BCUT2D eigenvalue weighted by atomic mass is 9.98. The number of hydrogen-bond donors (Lipinski definition) is 0. The summed E-state index contributed by atoms with van der Waals surface area (Å²) in [5.41, 5.74) is 2.44. The Balaban J connectivity index is 2.60. The lowest BCUT2D eigenvalue weighted by molar-refractivity contribution is 0.418. The maximum atomic E-state index is 5.48. The van der Waals surface area contributed by atoms with Gasteiger partial charge in [0.1, 0.15) is 11.3 Å². The van der Waals surface area contributed by atoms with Crippen molar-refractivity contribution in [1.82, 2.24) is 4.98 Å². The number of ether oxygens (including phenoxy) is 1. The molecule has 2 nitrogen and oxygen atoms in total. The first-order valence-corrected chi connectivity index (χ1v) is 7.25. The number of aryl methyl sites for hydroxylation is 1. The lowest BCUT2D eigenvalue weighted by Crippen LogP contribution is -2.09. The van der Waals surface area contributed by atoms with Crippen LogP contribution in [0.2, 0.25) is 0 Å². The van der Waals surface area contributed by atoms with Gasteiger partial charge in [0.05, 0.1) is 16.8 Å². The van der Waals surface area contributed by atoms with Crippen molar-refractivity contribution in [2.45, 2.75) is 46.0 Å². The Hall–Kier alpha value is -1.09. The van der Waals surface area contributed by atoms with Crippen LogP contribution in [0.15, 0.2) is 12.1 Å². The molecular formula is C15H21NOS. The van der Waals surface area contributed by atoms with E-state index in [1.54, 1.807) is 18.4 Å². The number of hydrogen-bond acceptors (Lipinski definition) is 3. The zero-order valence-electron chi connectivity index (χ0n) is 11.8. The fourth-order valence-electron chi connectivity index (χ4n) is 1.96. The van der Waals surface area contributed by atoms with Crippen LogP contribution < -0.4 is 4.74 Å². The number of rotatable bonds is 3. The minimum Gasteiger partial charge on any atom is -0.494 e. The number of nitrogens with zero attached hydrogens (tertiary/aromatic N) is 1. The van der Waals surface area contributed by atoms with E-state index in [-0.39, 0.29) is 5.41 Å². The molecule has 0 fully saturated rings. The molecule has 0 amide bonds. The summed E-state index contributed by atoms with van der Waals surface area (Å²) in [5.74, 6) is 0.905. The van der Waals surface area contributed by atoms with Crippen LogP contribution >= 0.6 is 11.3 Å². The van der Waals surface area contributed by atoms with Crippen LogP contribution in [0.25, 0.3) is 10.2 Å². The smallest absolute Gasteiger partial charge is 0.146 e. The maximum absolute atomic E-state index is 5.48. The molecule has 0 aliphatic carbocycles. The molecular weight excluding hydrogens is 242 g/mol. The van der Waals surface area contributed by atoms with Gasteiger partial charge < -0.3 is 4.74 Å². The van der Waals surface area contributed by atoms with E-state index in [4.69, 9.17) is 9.72 Å². The molecule has 0 spiro atoms. The fourth-order valence-corrected chi connectivity index (χ4v) is 3.07. The van der Waals surface area contributed by atoms with E-state index in [2.05, 4.69) is 39.8 Å². The third kappa shape index (κ3) is 2.51. The first-order valence-electron chi connectivity index (χ1n) is 6.43. The van der Waals surface area contributed by atoms with Gasteiger partial charge in [-0.2, -0.15) is 0 Å². The average molecular weight is 263 g/mol. The zero-order valence-corrected chi connectivity index (χ0v) is 12.6. The van der Waals surface area contributed by atoms with Gasteiger partial charge in [-0.1, -0.05) is 34.1 Å². The van der Waals surface area contributed by atoms with Crippen LogP contribution in [0.1, 0.15) is 44.7 Å². The monoisotopic (exact) mass is 263 g/mol. The highest BCUT2D eigenvalue weighted by Gasteiger charge is 2.20. The second-order valence-corrected chi connectivity index (χ2v) is 6.69. The van der Waals surface area contributed by atoms with Crippen molar-refractivity contribution in [3.8, 4) is 5.75 Å². The van der Waals surface area contributed by atoms with Crippen LogP contribution in [0.5, 0.6) is 5.75 Å². The molecule has 0 saturated heterocycles. The summed E-state index contributed by atoms with van der Waals surface area (Å²) in [6, 6.07) is 4.38. The van der Waals surface area contributed by atoms with Gasteiger partial charge in [0, 0.05) is 5.41 Å². The molecule has 0 unspecified atom stereocenters. The van der Waals surface area contributed by atoms with E-state index in [0.29, 0.717) is 0 Å². The minimum absolute atomic E-state index is 0.0968. The second kappa shape index (κ2) is 4.88. The Morgan fingerprint density at radius 1 is 1.28 bits per heavy atom. The molecule has 18 heavy (non-hydrogen) atoms.